The Bertz CT molecular complexity index is 562. The molecule has 0 radical (unpaired) electrons. The van der Waals surface area contributed by atoms with E-state index in [1.807, 2.05) is 7.05 Å². The molecule has 0 aliphatic carbocycles. The van der Waals surface area contributed by atoms with Gasteiger partial charge >= 0.3 is 12.1 Å². The first-order valence-corrected chi connectivity index (χ1v) is 5.32. The molecule has 19 heavy (non-hydrogen) atoms. The summed E-state index contributed by atoms with van der Waals surface area (Å²) < 4.78 is 31.7. The van der Waals surface area contributed by atoms with E-state index in [0.717, 1.165) is 0 Å². The van der Waals surface area contributed by atoms with Crippen molar-refractivity contribution in [1.29, 1.82) is 0 Å². The van der Waals surface area contributed by atoms with Crippen LogP contribution in [-0.4, -0.2) is 24.3 Å². The average molecular weight is 271 g/mol. The zero-order chi connectivity index (χ0) is 14.5. The number of alkyl halides is 3. The van der Waals surface area contributed by atoms with Crippen molar-refractivity contribution in [3.63, 3.8) is 0 Å². The van der Waals surface area contributed by atoms with Crippen LogP contribution in [0.2, 0.25) is 0 Å². The van der Waals surface area contributed by atoms with Gasteiger partial charge in [-0.1, -0.05) is 36.4 Å². The van der Waals surface area contributed by atoms with E-state index < -0.39 is 12.1 Å². The molecule has 3 nitrogen and oxygen atoms in total. The van der Waals surface area contributed by atoms with Crippen molar-refractivity contribution in [2.24, 2.45) is 0 Å². The summed E-state index contributed by atoms with van der Waals surface area (Å²) >= 11 is 0. The fraction of sp³-hybridized carbons (Fsp3) is 0.154. The van der Waals surface area contributed by atoms with Crippen LogP contribution in [0.1, 0.15) is 0 Å². The molecule has 0 aliphatic rings. The summed E-state index contributed by atoms with van der Waals surface area (Å²) in [4.78, 5) is 8.90. The Balaban J connectivity index is 0.000000224. The molecule has 0 saturated heterocycles. The van der Waals surface area contributed by atoms with Gasteiger partial charge in [-0.15, -0.1) is 0 Å². The van der Waals surface area contributed by atoms with Crippen LogP contribution in [0.5, 0.6) is 0 Å². The third-order valence-electron chi connectivity index (χ3n) is 2.30. The van der Waals surface area contributed by atoms with Crippen molar-refractivity contribution >= 4 is 22.4 Å². The highest BCUT2D eigenvalue weighted by molar-refractivity contribution is 5.93. The first kappa shape index (κ1) is 14.8. The van der Waals surface area contributed by atoms with Crippen molar-refractivity contribution in [2.45, 2.75) is 6.18 Å². The molecule has 2 rings (SSSR count). The van der Waals surface area contributed by atoms with Crippen LogP contribution in [0.15, 0.2) is 42.5 Å². The van der Waals surface area contributed by atoms with Gasteiger partial charge in [-0.2, -0.15) is 13.2 Å². The van der Waals surface area contributed by atoms with E-state index in [1.54, 1.807) is 0 Å². The lowest BCUT2D eigenvalue weighted by atomic mass is 10.1. The van der Waals surface area contributed by atoms with Gasteiger partial charge in [0.2, 0.25) is 0 Å². The number of nitrogens with one attached hydrogen (secondary N) is 1. The molecule has 0 unspecified atom stereocenters. The van der Waals surface area contributed by atoms with Gasteiger partial charge in [0.1, 0.15) is 0 Å². The van der Waals surface area contributed by atoms with Crippen LogP contribution in [-0.2, 0) is 4.79 Å². The molecule has 0 heterocycles. The highest BCUT2D eigenvalue weighted by Crippen LogP contribution is 2.21. The van der Waals surface area contributed by atoms with Crippen LogP contribution in [0.25, 0.3) is 10.8 Å². The predicted octanol–water partition coefficient (Wildman–Crippen LogP) is 3.51. The highest BCUT2D eigenvalue weighted by Gasteiger charge is 2.38. The number of hydrogen-bond acceptors (Lipinski definition) is 2. The molecule has 0 aliphatic heterocycles. The molecule has 0 atom stereocenters. The van der Waals surface area contributed by atoms with Crippen LogP contribution in [0.4, 0.5) is 18.9 Å². The summed E-state index contributed by atoms with van der Waals surface area (Å²) in [6.45, 7) is 0. The monoisotopic (exact) mass is 271 g/mol. The number of carbonyl (C=O) groups is 1. The topological polar surface area (TPSA) is 49.3 Å². The van der Waals surface area contributed by atoms with Gasteiger partial charge in [-0.3, -0.25) is 0 Å². The molecular formula is C13H12F3NO2. The maximum atomic E-state index is 10.6. The first-order chi connectivity index (χ1) is 8.86. The molecular weight excluding hydrogens is 259 g/mol. The molecule has 0 saturated carbocycles. The third-order valence-corrected chi connectivity index (χ3v) is 2.30. The van der Waals surface area contributed by atoms with Gasteiger partial charge in [0.15, 0.2) is 0 Å². The molecule has 0 amide bonds. The molecule has 0 spiro atoms. The van der Waals surface area contributed by atoms with E-state index in [0.29, 0.717) is 0 Å². The zero-order valence-corrected chi connectivity index (χ0v) is 10.0. The number of anilines is 1. The highest BCUT2D eigenvalue weighted by atomic mass is 19.4. The standard InChI is InChI=1S/C11H11N.C2HF3O2/c1-12-11-8-4-6-9-5-2-3-7-10(9)11;3-2(4,5)1(6)7/h2-8,12H,1H3;(H,6,7). The van der Waals surface area contributed by atoms with Crippen LogP contribution in [0.3, 0.4) is 0 Å². The van der Waals surface area contributed by atoms with Crippen LogP contribution >= 0.6 is 0 Å². The van der Waals surface area contributed by atoms with Gasteiger partial charge in [0.05, 0.1) is 0 Å². The van der Waals surface area contributed by atoms with Gasteiger partial charge in [-0.25, -0.2) is 4.79 Å². The van der Waals surface area contributed by atoms with Gasteiger partial charge < -0.3 is 10.4 Å². The number of benzene rings is 2. The molecule has 102 valence electrons. The summed E-state index contributed by atoms with van der Waals surface area (Å²) in [5, 5.41) is 12.9. The zero-order valence-electron chi connectivity index (χ0n) is 10.0. The molecule has 0 aromatic heterocycles. The van der Waals surface area contributed by atoms with E-state index in [4.69, 9.17) is 9.90 Å². The van der Waals surface area contributed by atoms with E-state index in [2.05, 4.69) is 47.8 Å². The fourth-order valence-corrected chi connectivity index (χ4v) is 1.44. The fourth-order valence-electron chi connectivity index (χ4n) is 1.44. The van der Waals surface area contributed by atoms with Crippen LogP contribution < -0.4 is 5.32 Å². The Morgan fingerprint density at radius 2 is 1.63 bits per heavy atom. The maximum absolute atomic E-state index is 10.6. The quantitative estimate of drug-likeness (QED) is 0.834. The first-order valence-electron chi connectivity index (χ1n) is 5.32. The Morgan fingerprint density at radius 1 is 1.11 bits per heavy atom. The predicted molar refractivity (Wildman–Crippen MR) is 67.2 cm³/mol. The summed E-state index contributed by atoms with van der Waals surface area (Å²) in [6, 6.07) is 14.6. The largest absolute Gasteiger partial charge is 0.490 e. The lowest BCUT2D eigenvalue weighted by Gasteiger charge is -2.04. The smallest absolute Gasteiger partial charge is 0.475 e. The molecule has 2 aromatic rings. The number of carboxylic acids is 1. The van der Waals surface area contributed by atoms with Crippen molar-refractivity contribution in [3.8, 4) is 0 Å². The van der Waals surface area contributed by atoms with E-state index in [-0.39, 0.29) is 0 Å². The van der Waals surface area contributed by atoms with Crippen molar-refractivity contribution < 1.29 is 23.1 Å². The summed E-state index contributed by atoms with van der Waals surface area (Å²) in [6.07, 6.45) is -5.08. The number of hydrogen-bond donors (Lipinski definition) is 2. The third kappa shape index (κ3) is 4.17. The molecule has 2 aromatic carbocycles. The molecule has 2 N–H and O–H groups in total. The Kier molecular flexibility index (Phi) is 4.74. The number of rotatable bonds is 1. The van der Waals surface area contributed by atoms with E-state index >= 15 is 0 Å². The minimum absolute atomic E-state index is 1.19. The second kappa shape index (κ2) is 6.08. The second-order valence-electron chi connectivity index (χ2n) is 3.58. The number of halogens is 3. The normalized spacial score (nSPS) is 10.5. The van der Waals surface area contributed by atoms with Gasteiger partial charge in [-0.05, 0) is 11.5 Å². The maximum Gasteiger partial charge on any atom is 0.490 e. The minimum atomic E-state index is -5.08. The molecule has 0 fully saturated rings. The van der Waals surface area contributed by atoms with Gasteiger partial charge in [0, 0.05) is 18.1 Å². The average Bonchev–Trinajstić information content (AvgIpc) is 2.37. The van der Waals surface area contributed by atoms with Crippen LogP contribution in [0, 0.1) is 0 Å². The lowest BCUT2D eigenvalue weighted by molar-refractivity contribution is -0.192. The minimum Gasteiger partial charge on any atom is -0.475 e. The summed E-state index contributed by atoms with van der Waals surface area (Å²) in [7, 11) is 1.95. The van der Waals surface area contributed by atoms with Crippen molar-refractivity contribution in [1.82, 2.24) is 0 Å². The number of fused-ring (bicyclic) bond motifs is 1. The van der Waals surface area contributed by atoms with Gasteiger partial charge in [0.25, 0.3) is 0 Å². The van der Waals surface area contributed by atoms with Crippen molar-refractivity contribution in [2.75, 3.05) is 12.4 Å². The van der Waals surface area contributed by atoms with Crippen molar-refractivity contribution in [3.05, 3.63) is 42.5 Å². The lowest BCUT2D eigenvalue weighted by Crippen LogP contribution is -2.21. The molecule has 6 heteroatoms. The Hall–Kier alpha value is -2.24. The Labute approximate surface area is 107 Å². The Morgan fingerprint density at radius 3 is 2.16 bits per heavy atom. The molecule has 0 bridgehead atoms. The summed E-state index contributed by atoms with van der Waals surface area (Å²) in [5.41, 5.74) is 1.19. The number of carboxylic acid groups (broad SMARTS) is 1. The SMILES string of the molecule is CNc1cccc2ccccc12.O=C(O)C(F)(F)F. The second-order valence-corrected chi connectivity index (χ2v) is 3.58. The number of aliphatic carboxylic acids is 1. The van der Waals surface area contributed by atoms with E-state index in [9.17, 15) is 13.2 Å². The van der Waals surface area contributed by atoms with E-state index in [1.165, 1.54) is 16.5 Å². The summed E-state index contributed by atoms with van der Waals surface area (Å²) in [5.74, 6) is -2.76.